The van der Waals surface area contributed by atoms with Crippen LogP contribution in [0.1, 0.15) is 34.6 Å². The number of anilines is 1. The lowest BCUT2D eigenvalue weighted by Gasteiger charge is -2.09. The molecule has 2 aromatic carbocycles. The molecule has 3 rings (SSSR count). The molecule has 1 heterocycles. The highest BCUT2D eigenvalue weighted by molar-refractivity contribution is 6.04. The smallest absolute Gasteiger partial charge is 0.338 e. The van der Waals surface area contributed by atoms with Gasteiger partial charge in [-0.05, 0) is 44.2 Å². The fourth-order valence-corrected chi connectivity index (χ4v) is 2.63. The average molecular weight is 366 g/mol. The minimum Gasteiger partial charge on any atom is -0.452 e. The lowest BCUT2D eigenvalue weighted by Crippen LogP contribution is -2.22. The van der Waals surface area contributed by atoms with Crippen molar-refractivity contribution >= 4 is 34.4 Å². The number of carbonyl (C=O) groups excluding carboxylic acids is 3. The number of fused-ring (bicyclic) bond motifs is 1. The maximum Gasteiger partial charge on any atom is 0.338 e. The maximum absolute atomic E-state index is 12.2. The van der Waals surface area contributed by atoms with E-state index in [1.165, 1.54) is 6.92 Å². The lowest BCUT2D eigenvalue weighted by molar-refractivity contribution is -0.119. The molecule has 0 saturated carbocycles. The van der Waals surface area contributed by atoms with Crippen LogP contribution < -0.4 is 5.32 Å². The van der Waals surface area contributed by atoms with Gasteiger partial charge >= 0.3 is 5.97 Å². The minimum atomic E-state index is -0.641. The Hall–Kier alpha value is -3.55. The van der Waals surface area contributed by atoms with Crippen molar-refractivity contribution in [2.45, 2.75) is 20.4 Å². The molecular formula is C19H18N4O4. The average Bonchev–Trinajstić information content (AvgIpc) is 3.08. The van der Waals surface area contributed by atoms with Crippen LogP contribution in [0.3, 0.4) is 0 Å². The van der Waals surface area contributed by atoms with Gasteiger partial charge in [0, 0.05) is 12.1 Å². The van der Waals surface area contributed by atoms with Crippen molar-refractivity contribution < 1.29 is 19.1 Å². The molecule has 8 nitrogen and oxygen atoms in total. The first-order chi connectivity index (χ1) is 13.0. The third-order valence-corrected chi connectivity index (χ3v) is 3.96. The van der Waals surface area contributed by atoms with E-state index in [1.54, 1.807) is 47.1 Å². The molecule has 1 aromatic heterocycles. The van der Waals surface area contributed by atoms with Gasteiger partial charge in [0.1, 0.15) is 5.52 Å². The zero-order valence-corrected chi connectivity index (χ0v) is 14.9. The zero-order valence-electron chi connectivity index (χ0n) is 14.9. The lowest BCUT2D eigenvalue weighted by atomic mass is 10.1. The normalized spacial score (nSPS) is 10.6. The van der Waals surface area contributed by atoms with Gasteiger partial charge in [0.2, 0.25) is 0 Å². The second kappa shape index (κ2) is 7.77. The van der Waals surface area contributed by atoms with Gasteiger partial charge in [-0.15, -0.1) is 5.10 Å². The van der Waals surface area contributed by atoms with E-state index in [2.05, 4.69) is 15.6 Å². The number of carbonyl (C=O) groups is 3. The predicted octanol–water partition coefficient (Wildman–Crippen LogP) is 2.45. The number of aryl methyl sites for hydroxylation is 1. The predicted molar refractivity (Wildman–Crippen MR) is 98.6 cm³/mol. The Labute approximate surface area is 155 Å². The molecule has 0 atom stereocenters. The van der Waals surface area contributed by atoms with E-state index >= 15 is 0 Å². The second-order valence-corrected chi connectivity index (χ2v) is 5.83. The van der Waals surface area contributed by atoms with Crippen LogP contribution in [0.2, 0.25) is 0 Å². The van der Waals surface area contributed by atoms with Crippen LogP contribution in [0.15, 0.2) is 42.5 Å². The molecule has 0 aliphatic rings. The third kappa shape index (κ3) is 4.00. The number of aromatic nitrogens is 3. The van der Waals surface area contributed by atoms with E-state index in [0.717, 1.165) is 5.52 Å². The number of amides is 1. The van der Waals surface area contributed by atoms with Crippen LogP contribution in [0, 0.1) is 0 Å². The molecule has 1 amide bonds. The largest absolute Gasteiger partial charge is 0.452 e. The van der Waals surface area contributed by atoms with Gasteiger partial charge in [-0.2, -0.15) is 0 Å². The van der Waals surface area contributed by atoms with Gasteiger partial charge in [0.25, 0.3) is 5.91 Å². The number of hydrogen-bond donors (Lipinski definition) is 1. The SMILES string of the molecule is CCn1nnc2cc(C(=O)OCC(=O)Nc3ccccc3C(C)=O)ccc21. The van der Waals surface area contributed by atoms with E-state index in [-0.39, 0.29) is 11.3 Å². The van der Waals surface area contributed by atoms with Crippen molar-refractivity contribution in [2.24, 2.45) is 0 Å². The number of esters is 1. The first kappa shape index (κ1) is 18.2. The number of hydrogen-bond acceptors (Lipinski definition) is 6. The monoisotopic (exact) mass is 366 g/mol. The number of nitrogens with one attached hydrogen (secondary N) is 1. The Balaban J connectivity index is 1.64. The molecule has 0 spiro atoms. The summed E-state index contributed by atoms with van der Waals surface area (Å²) in [6, 6.07) is 11.5. The summed E-state index contributed by atoms with van der Waals surface area (Å²) in [4.78, 5) is 35.8. The van der Waals surface area contributed by atoms with Gasteiger partial charge in [0.15, 0.2) is 12.4 Å². The Bertz CT molecular complexity index is 1030. The zero-order chi connectivity index (χ0) is 19.4. The van der Waals surface area contributed by atoms with Gasteiger partial charge in [0.05, 0.1) is 16.8 Å². The number of ether oxygens (including phenoxy) is 1. The van der Waals surface area contributed by atoms with Crippen LogP contribution >= 0.6 is 0 Å². The first-order valence-electron chi connectivity index (χ1n) is 8.39. The van der Waals surface area contributed by atoms with E-state index in [9.17, 15) is 14.4 Å². The highest BCUT2D eigenvalue weighted by atomic mass is 16.5. The van der Waals surface area contributed by atoms with Gasteiger partial charge in [-0.25, -0.2) is 9.48 Å². The molecule has 0 aliphatic carbocycles. The number of nitrogens with zero attached hydrogens (tertiary/aromatic N) is 3. The number of benzene rings is 2. The summed E-state index contributed by atoms with van der Waals surface area (Å²) in [5.41, 5.74) is 2.44. The Morgan fingerprint density at radius 1 is 1.15 bits per heavy atom. The summed E-state index contributed by atoms with van der Waals surface area (Å²) in [5.74, 6) is -1.34. The van der Waals surface area contributed by atoms with Crippen LogP contribution in [-0.2, 0) is 16.1 Å². The summed E-state index contributed by atoms with van der Waals surface area (Å²) in [6.07, 6.45) is 0. The molecule has 0 fully saturated rings. The number of Topliss-reactive ketones (excluding diaryl/α,β-unsaturated/α-hetero) is 1. The highest BCUT2D eigenvalue weighted by Gasteiger charge is 2.14. The topological polar surface area (TPSA) is 103 Å². The Morgan fingerprint density at radius 3 is 2.67 bits per heavy atom. The van der Waals surface area contributed by atoms with Crippen LogP contribution in [0.25, 0.3) is 11.0 Å². The number of para-hydroxylation sites is 1. The summed E-state index contributed by atoms with van der Waals surface area (Å²) in [6.45, 7) is 3.56. The maximum atomic E-state index is 12.2. The van der Waals surface area contributed by atoms with Crippen LogP contribution in [0.5, 0.6) is 0 Å². The van der Waals surface area contributed by atoms with E-state index in [4.69, 9.17) is 4.74 Å². The van der Waals surface area contributed by atoms with Crippen LogP contribution in [-0.4, -0.2) is 39.3 Å². The molecule has 0 aliphatic heterocycles. The quantitative estimate of drug-likeness (QED) is 0.531. The molecule has 0 radical (unpaired) electrons. The summed E-state index contributed by atoms with van der Waals surface area (Å²) in [7, 11) is 0. The van der Waals surface area contributed by atoms with Crippen molar-refractivity contribution in [1.82, 2.24) is 15.0 Å². The Kier molecular flexibility index (Phi) is 5.25. The van der Waals surface area contributed by atoms with E-state index in [0.29, 0.717) is 23.3 Å². The number of ketones is 1. The molecule has 3 aromatic rings. The fraction of sp³-hybridized carbons (Fsp3) is 0.211. The standard InChI is InChI=1S/C19H18N4O4/c1-3-23-17-9-8-13(10-16(17)21-22-23)19(26)27-11-18(25)20-15-7-5-4-6-14(15)12(2)24/h4-10H,3,11H2,1-2H3,(H,20,25). The van der Waals surface area contributed by atoms with Crippen molar-refractivity contribution in [3.05, 3.63) is 53.6 Å². The fourth-order valence-electron chi connectivity index (χ4n) is 2.63. The van der Waals surface area contributed by atoms with Gasteiger partial charge in [-0.1, -0.05) is 17.3 Å². The summed E-state index contributed by atoms with van der Waals surface area (Å²) >= 11 is 0. The van der Waals surface area contributed by atoms with Crippen molar-refractivity contribution in [2.75, 3.05) is 11.9 Å². The molecule has 0 saturated heterocycles. The molecule has 1 N–H and O–H groups in total. The van der Waals surface area contributed by atoms with Gasteiger partial charge < -0.3 is 10.1 Å². The molecule has 0 bridgehead atoms. The highest BCUT2D eigenvalue weighted by Crippen LogP contribution is 2.16. The molecule has 0 unspecified atom stereocenters. The second-order valence-electron chi connectivity index (χ2n) is 5.83. The summed E-state index contributed by atoms with van der Waals surface area (Å²) in [5, 5.41) is 10.6. The molecule has 27 heavy (non-hydrogen) atoms. The van der Waals surface area contributed by atoms with Crippen molar-refractivity contribution in [3.8, 4) is 0 Å². The van der Waals surface area contributed by atoms with Gasteiger partial charge in [-0.3, -0.25) is 9.59 Å². The third-order valence-electron chi connectivity index (χ3n) is 3.96. The Morgan fingerprint density at radius 2 is 1.93 bits per heavy atom. The van der Waals surface area contributed by atoms with E-state index < -0.39 is 18.5 Å². The first-order valence-corrected chi connectivity index (χ1v) is 8.39. The molecule has 138 valence electrons. The molecule has 8 heteroatoms. The van der Waals surface area contributed by atoms with Crippen molar-refractivity contribution in [3.63, 3.8) is 0 Å². The summed E-state index contributed by atoms with van der Waals surface area (Å²) < 4.78 is 6.77. The van der Waals surface area contributed by atoms with Crippen LogP contribution in [0.4, 0.5) is 5.69 Å². The molecular weight excluding hydrogens is 348 g/mol. The minimum absolute atomic E-state index is 0.170. The number of rotatable bonds is 6. The van der Waals surface area contributed by atoms with E-state index in [1.807, 2.05) is 6.92 Å². The van der Waals surface area contributed by atoms with Crippen molar-refractivity contribution in [1.29, 1.82) is 0 Å².